The van der Waals surface area contributed by atoms with E-state index in [0.717, 1.165) is 143 Å². The molecule has 16 nitrogen and oxygen atoms in total. The molecule has 0 aromatic heterocycles. The summed E-state index contributed by atoms with van der Waals surface area (Å²) < 4.78 is 44.5. The molecule has 10 aromatic carbocycles. The molecule has 0 heterocycles. The van der Waals surface area contributed by atoms with Gasteiger partial charge < -0.3 is 37.9 Å². The molecular weight excluding hydrogens is 1520 g/mol. The SMILES string of the molecule is CC.CC.CCC1CCC(C(=O)Oc2ccc3c(c2)C(C)(C)c2cc(OC(=O)C4CCC(CC)CC4)ccc2-3)CC1.CCOC(=O)c1ccc(C(=O)Oc2ccc3c(c2)C(C)(C)c2cc(OC(=O)c4ccc(C(=O)OCC)cc4)ccc2-3)cc1.CCc1ccc(C(=O)Oc2ccc3c(c2)C(C)(C)c2cc(OC(=O)c4ccc(CC)cc4)ccc2-3)cc1. The molecule has 15 rings (SSSR count). The van der Waals surface area contributed by atoms with Crippen molar-refractivity contribution in [2.75, 3.05) is 13.2 Å². The first-order chi connectivity index (χ1) is 58.2. The molecule has 121 heavy (non-hydrogen) atoms. The zero-order valence-corrected chi connectivity index (χ0v) is 72.9. The summed E-state index contributed by atoms with van der Waals surface area (Å²) >= 11 is 0. The number of ether oxygens (including phenoxy) is 8. The fraction of sp³-hybridized carbons (Fsp3) is 0.352. The highest BCUT2D eigenvalue weighted by Crippen LogP contribution is 2.54. The summed E-state index contributed by atoms with van der Waals surface area (Å²) in [6, 6.07) is 61.8. The van der Waals surface area contributed by atoms with Crippen molar-refractivity contribution in [3.63, 3.8) is 0 Å². The molecule has 0 spiro atoms. The average Bonchev–Trinajstić information content (AvgIpc) is 1.59. The Morgan fingerprint density at radius 2 is 0.463 bits per heavy atom. The largest absolute Gasteiger partial charge is 0.462 e. The smallest absolute Gasteiger partial charge is 0.343 e. The van der Waals surface area contributed by atoms with E-state index < -0.39 is 29.3 Å². The summed E-state index contributed by atoms with van der Waals surface area (Å²) in [7, 11) is 0. The number of hydrogen-bond donors (Lipinski definition) is 0. The van der Waals surface area contributed by atoms with Crippen molar-refractivity contribution < 1.29 is 76.3 Å². The van der Waals surface area contributed by atoms with Gasteiger partial charge in [0.2, 0.25) is 0 Å². The first-order valence-corrected chi connectivity index (χ1v) is 43.1. The molecule has 0 aliphatic heterocycles. The molecule has 0 bridgehead atoms. The quantitative estimate of drug-likeness (QED) is 0.0513. The van der Waals surface area contributed by atoms with E-state index in [9.17, 15) is 38.4 Å². The van der Waals surface area contributed by atoms with E-state index >= 15 is 0 Å². The van der Waals surface area contributed by atoms with E-state index in [1.807, 2.05) is 137 Å². The molecule has 16 heteroatoms. The molecule has 0 radical (unpaired) electrons. The van der Waals surface area contributed by atoms with Crippen LogP contribution < -0.4 is 28.4 Å². The minimum absolute atomic E-state index is 0.00975. The Kier molecular flexibility index (Phi) is 29.6. The van der Waals surface area contributed by atoms with E-state index in [1.54, 1.807) is 50.2 Å². The summed E-state index contributed by atoms with van der Waals surface area (Å²) in [4.78, 5) is 101. The first kappa shape index (κ1) is 89.7. The lowest BCUT2D eigenvalue weighted by Gasteiger charge is -2.27. The van der Waals surface area contributed by atoms with Gasteiger partial charge in [-0.15, -0.1) is 0 Å². The number of rotatable bonds is 20. The van der Waals surface area contributed by atoms with Crippen molar-refractivity contribution in [3.05, 3.63) is 284 Å². The predicted octanol–water partition coefficient (Wildman–Crippen LogP) is 24.6. The molecule has 0 amide bonds. The van der Waals surface area contributed by atoms with Gasteiger partial charge in [-0.2, -0.15) is 0 Å². The topological polar surface area (TPSA) is 210 Å². The van der Waals surface area contributed by atoms with E-state index in [-0.39, 0.29) is 59.8 Å². The molecule has 0 unspecified atom stereocenters. The Morgan fingerprint density at radius 3 is 0.661 bits per heavy atom. The van der Waals surface area contributed by atoms with Gasteiger partial charge >= 0.3 is 47.8 Å². The van der Waals surface area contributed by atoms with Crippen molar-refractivity contribution in [1.82, 2.24) is 0 Å². The Morgan fingerprint density at radius 1 is 0.264 bits per heavy atom. The highest BCUT2D eigenvalue weighted by atomic mass is 16.6. The second-order valence-corrected chi connectivity index (χ2v) is 32.5. The second-order valence-electron chi connectivity index (χ2n) is 32.5. The van der Waals surface area contributed by atoms with Gasteiger partial charge in [-0.25, -0.2) is 28.8 Å². The van der Waals surface area contributed by atoms with E-state index in [1.165, 1.54) is 72.5 Å². The molecule has 10 aromatic rings. The third-order valence-corrected chi connectivity index (χ3v) is 24.1. The standard InChI is InChI=1S/C35H30O8.C33H42O4.C33H30O4.2C2H6/c1-5-40-31(36)21-7-11-23(12-8-21)33(38)42-25-15-17-27-28-18-16-26(20-30(28)35(3,4)29(27)19-25)43-34(39)24-13-9-22(10-14-24)32(37)41-6-2;2*1-5-21-7-11-23(12-8-21)31(34)36-25-15-17-27-28-18-16-26(20-30(28)33(3,4)29(27)19-25)37-32(35)24-13-9-22(6-2)10-14-24;2*1-2/h7-20H,5-6H2,1-4H3;15-24H,5-14H2,1-4H3;7-20H,5-6H2,1-4H3;2*1-2H3. The third-order valence-electron chi connectivity index (χ3n) is 24.1. The summed E-state index contributed by atoms with van der Waals surface area (Å²) in [5, 5.41) is 0. The fourth-order valence-corrected chi connectivity index (χ4v) is 16.8. The second kappa shape index (κ2) is 39.9. The molecule has 0 saturated heterocycles. The number of fused-ring (bicyclic) bond motifs is 9. The number of carbonyl (C=O) groups excluding carboxylic acids is 8. The van der Waals surface area contributed by atoms with Crippen LogP contribution in [0.4, 0.5) is 0 Å². The molecule has 5 aliphatic carbocycles. The Labute approximate surface area is 713 Å². The fourth-order valence-electron chi connectivity index (χ4n) is 16.8. The Balaban J connectivity index is 0.000000174. The van der Waals surface area contributed by atoms with Crippen molar-refractivity contribution in [3.8, 4) is 67.9 Å². The maximum atomic E-state index is 12.9. The monoisotopic (exact) mass is 1630 g/mol. The van der Waals surface area contributed by atoms with Gasteiger partial charge in [0, 0.05) is 16.2 Å². The van der Waals surface area contributed by atoms with Gasteiger partial charge in [0.25, 0.3) is 0 Å². The van der Waals surface area contributed by atoms with Gasteiger partial charge in [-0.05, 0) is 313 Å². The number of esters is 8. The predicted molar refractivity (Wildman–Crippen MR) is 474 cm³/mol. The van der Waals surface area contributed by atoms with Gasteiger partial charge in [-0.1, -0.05) is 170 Å². The Bertz CT molecular complexity index is 5070. The number of hydrogen-bond acceptors (Lipinski definition) is 16. The molecule has 5 aliphatic rings. The number of carbonyl (C=O) groups is 8. The Hall–Kier alpha value is -12.0. The number of benzene rings is 10. The molecular formula is C105H114O16. The highest BCUT2D eigenvalue weighted by molar-refractivity contribution is 5.97. The van der Waals surface area contributed by atoms with Crippen LogP contribution in [-0.2, 0) is 48.1 Å². The van der Waals surface area contributed by atoms with Crippen molar-refractivity contribution in [2.24, 2.45) is 23.7 Å². The van der Waals surface area contributed by atoms with Crippen LogP contribution in [0.2, 0.25) is 0 Å². The maximum Gasteiger partial charge on any atom is 0.343 e. The lowest BCUT2D eigenvalue weighted by atomic mass is 9.81. The zero-order chi connectivity index (χ0) is 87.0. The molecule has 2 fully saturated rings. The highest BCUT2D eigenvalue weighted by Gasteiger charge is 2.41. The van der Waals surface area contributed by atoms with Crippen LogP contribution in [0.25, 0.3) is 33.4 Å². The molecule has 0 N–H and O–H groups in total. The van der Waals surface area contributed by atoms with Crippen LogP contribution >= 0.6 is 0 Å². The average molecular weight is 1630 g/mol. The molecule has 0 atom stereocenters. The van der Waals surface area contributed by atoms with Gasteiger partial charge in [0.1, 0.15) is 34.5 Å². The van der Waals surface area contributed by atoms with Crippen LogP contribution in [0.3, 0.4) is 0 Å². The maximum absolute atomic E-state index is 12.9. The summed E-state index contributed by atoms with van der Waals surface area (Å²) in [6.45, 7) is 33.3. The van der Waals surface area contributed by atoms with Crippen LogP contribution in [-0.4, -0.2) is 61.0 Å². The molecule has 630 valence electrons. The normalized spacial score (nSPS) is 16.5. The van der Waals surface area contributed by atoms with E-state index in [4.69, 9.17) is 37.9 Å². The van der Waals surface area contributed by atoms with Crippen molar-refractivity contribution in [2.45, 2.75) is 204 Å². The van der Waals surface area contributed by atoms with Crippen molar-refractivity contribution >= 4 is 47.8 Å². The minimum Gasteiger partial charge on any atom is -0.462 e. The van der Waals surface area contributed by atoms with Crippen LogP contribution in [0.15, 0.2) is 206 Å². The number of aryl methyl sites for hydroxylation is 2. The van der Waals surface area contributed by atoms with Crippen LogP contribution in [0.1, 0.15) is 282 Å². The van der Waals surface area contributed by atoms with E-state index in [0.29, 0.717) is 67.9 Å². The van der Waals surface area contributed by atoms with Crippen LogP contribution in [0, 0.1) is 23.7 Å². The van der Waals surface area contributed by atoms with Crippen LogP contribution in [0.5, 0.6) is 34.5 Å². The third kappa shape index (κ3) is 20.4. The van der Waals surface area contributed by atoms with Gasteiger partial charge in [0.05, 0.1) is 58.4 Å². The van der Waals surface area contributed by atoms with E-state index in [2.05, 4.69) is 81.4 Å². The minimum atomic E-state index is -0.548. The van der Waals surface area contributed by atoms with Gasteiger partial charge in [-0.3, -0.25) is 9.59 Å². The lowest BCUT2D eigenvalue weighted by molar-refractivity contribution is -0.141. The van der Waals surface area contributed by atoms with Crippen molar-refractivity contribution in [1.29, 1.82) is 0 Å². The van der Waals surface area contributed by atoms with Gasteiger partial charge in [0.15, 0.2) is 0 Å². The molecule has 2 saturated carbocycles. The zero-order valence-electron chi connectivity index (χ0n) is 72.9. The first-order valence-electron chi connectivity index (χ1n) is 43.1. The summed E-state index contributed by atoms with van der Waals surface area (Å²) in [6.07, 6.45) is 12.4. The summed E-state index contributed by atoms with van der Waals surface area (Å²) in [5.74, 6) is 1.61. The lowest BCUT2D eigenvalue weighted by Crippen LogP contribution is -2.25. The summed E-state index contributed by atoms with van der Waals surface area (Å²) in [5.41, 5.74) is 16.4.